The Balaban J connectivity index is 1.58. The van der Waals surface area contributed by atoms with Crippen LogP contribution in [-0.4, -0.2) is 91.5 Å². The first-order valence-corrected chi connectivity index (χ1v) is 16.3. The number of nitrogen functional groups attached to an aromatic ring is 1. The van der Waals surface area contributed by atoms with Crippen molar-refractivity contribution in [3.05, 3.63) is 41.6 Å². The zero-order valence-electron chi connectivity index (χ0n) is 22.7. The van der Waals surface area contributed by atoms with E-state index in [0.717, 1.165) is 12.4 Å². The van der Waals surface area contributed by atoms with Crippen molar-refractivity contribution in [3.63, 3.8) is 0 Å². The van der Waals surface area contributed by atoms with Crippen LogP contribution in [-0.2, 0) is 24.8 Å². The summed E-state index contributed by atoms with van der Waals surface area (Å²) in [6.07, 6.45) is -3.94. The Morgan fingerprint density at radius 2 is 1.93 bits per heavy atom. The minimum atomic E-state index is -4.11. The first-order chi connectivity index (χ1) is 20.2. The summed E-state index contributed by atoms with van der Waals surface area (Å²) in [7, 11) is -8.08. The van der Waals surface area contributed by atoms with Crippen molar-refractivity contribution in [3.8, 4) is 11.8 Å². The molecule has 2 aliphatic heterocycles. The van der Waals surface area contributed by atoms with Gasteiger partial charge < -0.3 is 30.2 Å². The van der Waals surface area contributed by atoms with Crippen molar-refractivity contribution in [2.75, 3.05) is 36.0 Å². The summed E-state index contributed by atoms with van der Waals surface area (Å²) < 4.78 is 86.9. The van der Waals surface area contributed by atoms with Crippen LogP contribution in [0, 0.1) is 17.7 Å². The van der Waals surface area contributed by atoms with Gasteiger partial charge in [0.05, 0.1) is 27.2 Å². The summed E-state index contributed by atoms with van der Waals surface area (Å²) in [4.78, 5) is 9.35. The van der Waals surface area contributed by atoms with Crippen molar-refractivity contribution in [2.24, 2.45) is 5.14 Å². The number of nitrogens with one attached hydrogen (secondary N) is 1. The maximum absolute atomic E-state index is 15.5. The number of nitrogens with zero attached hydrogens (tertiary/aromatic N) is 4. The van der Waals surface area contributed by atoms with Crippen LogP contribution >= 0.6 is 0 Å². The van der Waals surface area contributed by atoms with Gasteiger partial charge in [0.2, 0.25) is 0 Å². The molecule has 0 radical (unpaired) electrons. The molecule has 232 valence electrons. The zero-order valence-corrected chi connectivity index (χ0v) is 24.3. The van der Waals surface area contributed by atoms with Crippen molar-refractivity contribution in [2.45, 2.75) is 49.0 Å². The van der Waals surface area contributed by atoms with E-state index in [2.05, 4.69) is 21.8 Å². The van der Waals surface area contributed by atoms with Crippen LogP contribution < -0.4 is 20.5 Å². The number of hydrogen-bond acceptors (Lipinski definition) is 11. The number of sulfone groups is 1. The van der Waals surface area contributed by atoms with E-state index >= 15 is 4.39 Å². The van der Waals surface area contributed by atoms with E-state index in [1.807, 2.05) is 4.72 Å². The highest BCUT2D eigenvalue weighted by molar-refractivity contribution is 7.91. The van der Waals surface area contributed by atoms with Crippen LogP contribution in [0.4, 0.5) is 20.3 Å². The number of rotatable bonds is 7. The molecule has 0 bridgehead atoms. The third-order valence-electron chi connectivity index (χ3n) is 7.31. The maximum atomic E-state index is 15.5. The minimum absolute atomic E-state index is 0.0115. The molecule has 18 heteroatoms. The Kier molecular flexibility index (Phi) is 8.34. The molecule has 2 fully saturated rings. The quantitative estimate of drug-likeness (QED) is 0.203. The fourth-order valence-electron chi connectivity index (χ4n) is 5.08. The Morgan fingerprint density at radius 1 is 1.19 bits per heavy atom. The highest BCUT2D eigenvalue weighted by Crippen LogP contribution is 2.35. The van der Waals surface area contributed by atoms with Crippen LogP contribution in [0.15, 0.2) is 29.6 Å². The molecule has 0 aliphatic carbocycles. The monoisotopic (exact) mass is 641 g/mol. The predicted octanol–water partition coefficient (Wildman–Crippen LogP) is -0.693. The number of anilines is 2. The van der Waals surface area contributed by atoms with Gasteiger partial charge in [0.25, 0.3) is 10.2 Å². The van der Waals surface area contributed by atoms with Gasteiger partial charge in [0, 0.05) is 31.5 Å². The first kappa shape index (κ1) is 31.0. The molecule has 5 rings (SSSR count). The molecular weight excluding hydrogens is 612 g/mol. The third kappa shape index (κ3) is 6.15. The number of aromatic nitrogens is 3. The second-order valence-corrected chi connectivity index (χ2v) is 13.8. The average molecular weight is 642 g/mol. The van der Waals surface area contributed by atoms with Gasteiger partial charge in [-0.05, 0) is 18.6 Å². The van der Waals surface area contributed by atoms with Crippen LogP contribution in [0.3, 0.4) is 0 Å². The smallest absolute Gasteiger partial charge is 0.274 e. The van der Waals surface area contributed by atoms with Crippen LogP contribution in [0.1, 0.15) is 30.7 Å². The fourth-order valence-corrected chi connectivity index (χ4v) is 6.54. The Labute approximate surface area is 245 Å². The highest BCUT2D eigenvalue weighted by atomic mass is 32.2. The molecule has 14 nitrogen and oxygen atoms in total. The number of benzene rings is 1. The van der Waals surface area contributed by atoms with Crippen LogP contribution in [0.2, 0.25) is 0 Å². The summed E-state index contributed by atoms with van der Waals surface area (Å²) in [6, 6.07) is 2.39. The molecule has 43 heavy (non-hydrogen) atoms. The Bertz CT molecular complexity index is 1840. The molecule has 2 aromatic heterocycles. The summed E-state index contributed by atoms with van der Waals surface area (Å²) in [5.74, 6) is 4.02. The van der Waals surface area contributed by atoms with Crippen LogP contribution in [0.25, 0.3) is 11.0 Å². The molecule has 3 aromatic rings. The van der Waals surface area contributed by atoms with Gasteiger partial charge >= 0.3 is 0 Å². The number of aliphatic hydroxyl groups is 2. The third-order valence-corrected chi connectivity index (χ3v) is 9.63. The standard InChI is InChI=1S/C25H29F2N7O7S2/c1-2-42(37,38)19-8-15(33-6-5-14(26)11-33)7-17(27)16(19)4-3-13-10-34(24-20(13)23(28)30-12-31-24)25-22(36)21(35)18(41-25)9-32-43(29,39)40/h7-8,10,12,14,18,21-22,25,32,35-36H,2,5-6,9,11H2,1H3,(H2,28,30,31)(H2,29,39,40)/t14-,18-,21-,22-,25-/m1/s1. The molecule has 2 saturated heterocycles. The van der Waals surface area contributed by atoms with Gasteiger partial charge in [-0.1, -0.05) is 18.8 Å². The molecule has 2 aliphatic rings. The lowest BCUT2D eigenvalue weighted by Gasteiger charge is -2.19. The van der Waals surface area contributed by atoms with Crippen molar-refractivity contribution in [1.29, 1.82) is 0 Å². The average Bonchev–Trinajstić information content (AvgIpc) is 3.62. The number of ether oxygens (including phenoxy) is 1. The Morgan fingerprint density at radius 3 is 2.58 bits per heavy atom. The van der Waals surface area contributed by atoms with Crippen molar-refractivity contribution >= 4 is 42.6 Å². The number of fused-ring (bicyclic) bond motifs is 1. The molecule has 1 aromatic carbocycles. The summed E-state index contributed by atoms with van der Waals surface area (Å²) >= 11 is 0. The number of aliphatic hydroxyl groups excluding tert-OH is 2. The van der Waals surface area contributed by atoms with E-state index in [0.29, 0.717) is 6.54 Å². The van der Waals surface area contributed by atoms with Gasteiger partial charge in [-0.25, -0.2) is 32.3 Å². The lowest BCUT2D eigenvalue weighted by atomic mass is 10.1. The van der Waals surface area contributed by atoms with Crippen LogP contribution in [0.5, 0.6) is 0 Å². The normalized spacial score (nSPS) is 24.4. The van der Waals surface area contributed by atoms with Gasteiger partial charge in [0.1, 0.15) is 48.1 Å². The number of halogens is 2. The molecule has 4 heterocycles. The SMILES string of the molecule is CCS(=O)(=O)c1cc(N2CC[C@@H](F)C2)cc(F)c1C#Cc1cn([C@@H]2O[C@H](CNS(N)(=O)=O)[C@@H](O)[C@H]2O)c2ncnc(N)c12. The molecule has 5 atom stereocenters. The molecule has 7 N–H and O–H groups in total. The lowest BCUT2D eigenvalue weighted by Crippen LogP contribution is -2.42. The largest absolute Gasteiger partial charge is 0.387 e. The molecular formula is C25H29F2N7O7S2. The molecule has 0 amide bonds. The zero-order chi connectivity index (χ0) is 31.3. The molecule has 0 spiro atoms. The highest BCUT2D eigenvalue weighted by Gasteiger charge is 2.44. The van der Waals surface area contributed by atoms with E-state index in [1.165, 1.54) is 23.8 Å². The van der Waals surface area contributed by atoms with E-state index in [4.69, 9.17) is 15.6 Å². The van der Waals surface area contributed by atoms with Gasteiger partial charge in [-0.3, -0.25) is 0 Å². The predicted molar refractivity (Wildman–Crippen MR) is 151 cm³/mol. The van der Waals surface area contributed by atoms with Gasteiger partial charge in [0.15, 0.2) is 16.1 Å². The number of hydrogen-bond donors (Lipinski definition) is 5. The van der Waals surface area contributed by atoms with E-state index < -0.39 is 68.7 Å². The van der Waals surface area contributed by atoms with Crippen molar-refractivity contribution < 1.29 is 40.6 Å². The summed E-state index contributed by atoms with van der Waals surface area (Å²) in [5.41, 5.74) is 6.14. The Hall–Kier alpha value is -3.44. The van der Waals surface area contributed by atoms with E-state index in [-0.39, 0.29) is 51.7 Å². The van der Waals surface area contributed by atoms with E-state index in [1.54, 1.807) is 4.90 Å². The van der Waals surface area contributed by atoms with E-state index in [9.17, 15) is 31.4 Å². The van der Waals surface area contributed by atoms with Gasteiger partial charge in [-0.15, -0.1) is 0 Å². The number of nitrogens with two attached hydrogens (primary N) is 2. The first-order valence-electron chi connectivity index (χ1n) is 13.1. The molecule has 0 saturated carbocycles. The minimum Gasteiger partial charge on any atom is -0.387 e. The fraction of sp³-hybridized carbons (Fsp3) is 0.440. The topological polar surface area (TPSA) is 216 Å². The van der Waals surface area contributed by atoms with Gasteiger partial charge in [-0.2, -0.15) is 13.1 Å². The maximum Gasteiger partial charge on any atom is 0.274 e. The lowest BCUT2D eigenvalue weighted by molar-refractivity contribution is -0.0327. The van der Waals surface area contributed by atoms with Crippen molar-refractivity contribution in [1.82, 2.24) is 19.3 Å². The number of alkyl halides is 1. The second-order valence-electron chi connectivity index (χ2n) is 10.1. The summed E-state index contributed by atoms with van der Waals surface area (Å²) in [5, 5.41) is 26.3. The molecule has 0 unspecified atom stereocenters. The summed E-state index contributed by atoms with van der Waals surface area (Å²) in [6.45, 7) is 1.28. The second kappa shape index (κ2) is 11.6.